The Kier molecular flexibility index (Phi) is 8.37. The minimum Gasteiger partial charge on any atom is -0.348 e. The van der Waals surface area contributed by atoms with Gasteiger partial charge in [0.15, 0.2) is 5.79 Å². The van der Waals surface area contributed by atoms with Crippen LogP contribution in [0.1, 0.15) is 38.2 Å². The van der Waals surface area contributed by atoms with Crippen LogP contribution in [0, 0.1) is 6.92 Å². The SMILES string of the molecule is CON(C)C(=O)C[C@@H](CCCC1(C)OCCO1)NS(=O)c1ccc(C)cc1. The molecule has 0 aromatic heterocycles. The van der Waals surface area contributed by atoms with E-state index < -0.39 is 16.8 Å². The van der Waals surface area contributed by atoms with E-state index in [0.717, 1.165) is 18.4 Å². The maximum atomic E-state index is 12.7. The first-order valence-electron chi connectivity index (χ1n) is 9.16. The maximum absolute atomic E-state index is 12.7. The predicted octanol–water partition coefficient (Wildman–Crippen LogP) is 2.32. The van der Waals surface area contributed by atoms with Gasteiger partial charge in [-0.25, -0.2) is 14.0 Å². The van der Waals surface area contributed by atoms with Crippen LogP contribution in [0.15, 0.2) is 29.2 Å². The third kappa shape index (κ3) is 6.97. The summed E-state index contributed by atoms with van der Waals surface area (Å²) in [5, 5.41) is 1.19. The standard InChI is InChI=1S/C19H30N2O5S/c1-15-7-9-17(10-8-15)27(23)20-16(14-18(22)21(3)24-4)6-5-11-19(2)25-12-13-26-19/h7-10,16,20H,5-6,11-14H2,1-4H3/t16-,27?/m1/s1. The topological polar surface area (TPSA) is 77.1 Å². The normalized spacial score (nSPS) is 18.2. The number of hydroxylamine groups is 2. The molecule has 0 saturated carbocycles. The monoisotopic (exact) mass is 398 g/mol. The molecule has 1 N–H and O–H groups in total. The molecule has 1 heterocycles. The summed E-state index contributed by atoms with van der Waals surface area (Å²) in [4.78, 5) is 17.9. The van der Waals surface area contributed by atoms with E-state index in [9.17, 15) is 9.00 Å². The molecule has 1 aromatic rings. The zero-order valence-electron chi connectivity index (χ0n) is 16.5. The lowest BCUT2D eigenvalue weighted by Crippen LogP contribution is -2.37. The summed E-state index contributed by atoms with van der Waals surface area (Å²) in [5.41, 5.74) is 1.11. The van der Waals surface area contributed by atoms with Crippen molar-refractivity contribution >= 4 is 16.9 Å². The number of nitrogens with zero attached hydrogens (tertiary/aromatic N) is 1. The van der Waals surface area contributed by atoms with Gasteiger partial charge in [-0.15, -0.1) is 0 Å². The van der Waals surface area contributed by atoms with Gasteiger partial charge in [0.1, 0.15) is 11.0 Å². The molecule has 2 rings (SSSR count). The van der Waals surface area contributed by atoms with Gasteiger partial charge in [0.2, 0.25) is 5.91 Å². The lowest BCUT2D eigenvalue weighted by Gasteiger charge is -2.24. The zero-order chi connectivity index (χ0) is 19.9. The van der Waals surface area contributed by atoms with Crippen LogP contribution in [-0.2, 0) is 30.1 Å². The van der Waals surface area contributed by atoms with E-state index in [0.29, 0.717) is 24.5 Å². The maximum Gasteiger partial charge on any atom is 0.247 e. The third-order valence-electron chi connectivity index (χ3n) is 4.64. The summed E-state index contributed by atoms with van der Waals surface area (Å²) in [6.45, 7) is 5.12. The molecule has 27 heavy (non-hydrogen) atoms. The molecular formula is C19H30N2O5S. The molecule has 1 unspecified atom stereocenters. The number of benzene rings is 1. The first-order chi connectivity index (χ1) is 12.8. The minimum atomic E-state index is -1.39. The van der Waals surface area contributed by atoms with Crippen molar-refractivity contribution in [3.05, 3.63) is 29.8 Å². The highest BCUT2D eigenvalue weighted by Crippen LogP contribution is 2.25. The van der Waals surface area contributed by atoms with Crippen LogP contribution in [0.3, 0.4) is 0 Å². The van der Waals surface area contributed by atoms with Gasteiger partial charge in [-0.05, 0) is 38.8 Å². The highest BCUT2D eigenvalue weighted by molar-refractivity contribution is 7.83. The van der Waals surface area contributed by atoms with Gasteiger partial charge in [0, 0.05) is 25.9 Å². The smallest absolute Gasteiger partial charge is 0.247 e. The van der Waals surface area contributed by atoms with Crippen molar-refractivity contribution in [1.82, 2.24) is 9.79 Å². The molecule has 1 aliphatic rings. The predicted molar refractivity (Wildman–Crippen MR) is 103 cm³/mol. The number of hydrogen-bond donors (Lipinski definition) is 1. The highest BCUT2D eigenvalue weighted by atomic mass is 32.2. The Balaban J connectivity index is 1.96. The van der Waals surface area contributed by atoms with Crippen LogP contribution in [0.2, 0.25) is 0 Å². The lowest BCUT2D eigenvalue weighted by atomic mass is 10.0. The lowest BCUT2D eigenvalue weighted by molar-refractivity contribution is -0.169. The molecule has 1 amide bonds. The molecule has 7 nitrogen and oxygen atoms in total. The fraction of sp³-hybridized carbons (Fsp3) is 0.632. The molecule has 152 valence electrons. The largest absolute Gasteiger partial charge is 0.348 e. The summed E-state index contributed by atoms with van der Waals surface area (Å²) in [7, 11) is 1.62. The summed E-state index contributed by atoms with van der Waals surface area (Å²) >= 11 is 0. The Morgan fingerprint density at radius 1 is 1.33 bits per heavy atom. The first kappa shape index (κ1) is 22.0. The second-order valence-electron chi connectivity index (χ2n) is 6.90. The van der Waals surface area contributed by atoms with Crippen molar-refractivity contribution in [2.45, 2.75) is 56.3 Å². The second kappa shape index (κ2) is 10.3. The van der Waals surface area contributed by atoms with Crippen LogP contribution in [0.5, 0.6) is 0 Å². The third-order valence-corrected chi connectivity index (χ3v) is 5.88. The van der Waals surface area contributed by atoms with E-state index in [1.54, 1.807) is 7.05 Å². The van der Waals surface area contributed by atoms with Gasteiger partial charge < -0.3 is 9.47 Å². The Labute approximate surface area is 163 Å². The molecule has 0 spiro atoms. The molecule has 2 atom stereocenters. The summed E-state index contributed by atoms with van der Waals surface area (Å²) in [6.07, 6.45) is 2.36. The van der Waals surface area contributed by atoms with Gasteiger partial charge >= 0.3 is 0 Å². The summed E-state index contributed by atoms with van der Waals surface area (Å²) < 4.78 is 27.0. The van der Waals surface area contributed by atoms with E-state index in [4.69, 9.17) is 14.3 Å². The second-order valence-corrected chi connectivity index (χ2v) is 8.14. The Morgan fingerprint density at radius 2 is 1.96 bits per heavy atom. The van der Waals surface area contributed by atoms with Crippen LogP contribution >= 0.6 is 0 Å². The van der Waals surface area contributed by atoms with E-state index in [1.807, 2.05) is 38.1 Å². The molecule has 8 heteroatoms. The summed E-state index contributed by atoms with van der Waals surface area (Å²) in [5.74, 6) is -0.732. The average Bonchev–Trinajstić information content (AvgIpc) is 3.07. The molecule has 0 bridgehead atoms. The van der Waals surface area contributed by atoms with Crippen molar-refractivity contribution in [2.75, 3.05) is 27.4 Å². The number of amides is 1. The van der Waals surface area contributed by atoms with Crippen molar-refractivity contribution in [3.8, 4) is 0 Å². The number of rotatable bonds is 10. The van der Waals surface area contributed by atoms with Crippen molar-refractivity contribution in [3.63, 3.8) is 0 Å². The number of aryl methyl sites for hydroxylation is 1. The zero-order valence-corrected chi connectivity index (χ0v) is 17.3. The molecule has 1 saturated heterocycles. The molecule has 1 aliphatic heterocycles. The molecular weight excluding hydrogens is 368 g/mol. The van der Waals surface area contributed by atoms with E-state index in [2.05, 4.69) is 4.72 Å². The van der Waals surface area contributed by atoms with Gasteiger partial charge in [-0.1, -0.05) is 17.7 Å². The number of ether oxygens (including phenoxy) is 2. The molecule has 1 fully saturated rings. The first-order valence-corrected chi connectivity index (χ1v) is 10.3. The van der Waals surface area contributed by atoms with Crippen molar-refractivity contribution in [2.24, 2.45) is 0 Å². The molecule has 0 aliphatic carbocycles. The van der Waals surface area contributed by atoms with E-state index in [1.165, 1.54) is 12.2 Å². The van der Waals surface area contributed by atoms with Gasteiger partial charge in [-0.3, -0.25) is 9.63 Å². The minimum absolute atomic E-state index is 0.171. The van der Waals surface area contributed by atoms with Gasteiger partial charge in [-0.2, -0.15) is 0 Å². The fourth-order valence-corrected chi connectivity index (χ4v) is 3.92. The summed E-state index contributed by atoms with van der Waals surface area (Å²) in [6, 6.07) is 7.26. The van der Waals surface area contributed by atoms with Crippen LogP contribution in [-0.4, -0.2) is 54.4 Å². The van der Waals surface area contributed by atoms with Crippen LogP contribution < -0.4 is 4.72 Å². The number of carbonyl (C=O) groups is 1. The van der Waals surface area contributed by atoms with E-state index in [-0.39, 0.29) is 18.4 Å². The number of hydrogen-bond acceptors (Lipinski definition) is 5. The molecule has 0 radical (unpaired) electrons. The van der Waals surface area contributed by atoms with Crippen molar-refractivity contribution in [1.29, 1.82) is 0 Å². The quantitative estimate of drug-likeness (QED) is 0.612. The Bertz CT molecular complexity index is 631. The Hall–Kier alpha value is -1.32. The van der Waals surface area contributed by atoms with Crippen LogP contribution in [0.4, 0.5) is 0 Å². The fourth-order valence-electron chi connectivity index (χ4n) is 2.90. The van der Waals surface area contributed by atoms with Gasteiger partial charge in [0.25, 0.3) is 0 Å². The highest BCUT2D eigenvalue weighted by Gasteiger charge is 2.30. The average molecular weight is 399 g/mol. The number of nitrogens with one attached hydrogen (secondary N) is 1. The van der Waals surface area contributed by atoms with Crippen molar-refractivity contribution < 1.29 is 23.3 Å². The Morgan fingerprint density at radius 3 is 2.56 bits per heavy atom. The van der Waals surface area contributed by atoms with Crippen LogP contribution in [0.25, 0.3) is 0 Å². The van der Waals surface area contributed by atoms with E-state index >= 15 is 0 Å². The molecule has 1 aromatic carbocycles. The number of carbonyl (C=O) groups excluding carboxylic acids is 1. The van der Waals surface area contributed by atoms with Gasteiger partial charge in [0.05, 0.1) is 25.2 Å².